The van der Waals surface area contributed by atoms with Gasteiger partial charge in [0, 0.05) is 18.3 Å². The lowest BCUT2D eigenvalue weighted by Crippen LogP contribution is -2.31. The van der Waals surface area contributed by atoms with Crippen LogP contribution < -0.4 is 5.32 Å². The van der Waals surface area contributed by atoms with Gasteiger partial charge in [0.25, 0.3) is 0 Å². The molecule has 2 nitrogen and oxygen atoms in total. The summed E-state index contributed by atoms with van der Waals surface area (Å²) in [5.41, 5.74) is 1.16. The molecule has 1 saturated carbocycles. The first-order valence-electron chi connectivity index (χ1n) is 6.92. The predicted molar refractivity (Wildman–Crippen MR) is 71.8 cm³/mol. The number of nitrogens with zero attached hydrogens (tertiary/aromatic N) is 1. The average molecular weight is 232 g/mol. The molecule has 0 saturated heterocycles. The Bertz CT molecular complexity index is 323. The Labute approximate surface area is 105 Å². The van der Waals surface area contributed by atoms with Gasteiger partial charge in [-0.3, -0.25) is 4.98 Å². The summed E-state index contributed by atoms with van der Waals surface area (Å²) in [6, 6.07) is 7.20. The van der Waals surface area contributed by atoms with Crippen LogP contribution in [0.2, 0.25) is 0 Å². The maximum absolute atomic E-state index is 4.42. The second-order valence-electron chi connectivity index (χ2n) is 5.45. The zero-order valence-electron chi connectivity index (χ0n) is 11.0. The minimum atomic E-state index is 0.370. The third-order valence-electron chi connectivity index (χ3n) is 3.87. The van der Waals surface area contributed by atoms with Crippen LogP contribution in [0.4, 0.5) is 0 Å². The van der Waals surface area contributed by atoms with Crippen molar-refractivity contribution in [3.8, 4) is 0 Å². The molecule has 1 aromatic heterocycles. The van der Waals surface area contributed by atoms with E-state index in [0.29, 0.717) is 12.1 Å². The molecular formula is C15H24N2. The van der Waals surface area contributed by atoms with Crippen LogP contribution in [0, 0.1) is 5.92 Å². The molecule has 3 unspecified atom stereocenters. The van der Waals surface area contributed by atoms with E-state index in [1.54, 1.807) is 0 Å². The van der Waals surface area contributed by atoms with Gasteiger partial charge in [0.1, 0.15) is 0 Å². The van der Waals surface area contributed by atoms with E-state index in [4.69, 9.17) is 0 Å². The summed E-state index contributed by atoms with van der Waals surface area (Å²) in [4.78, 5) is 4.42. The Morgan fingerprint density at radius 1 is 1.24 bits per heavy atom. The molecule has 1 N–H and O–H groups in total. The summed E-state index contributed by atoms with van der Waals surface area (Å²) in [6.45, 7) is 4.60. The molecule has 2 rings (SSSR count). The number of hydrogen-bond acceptors (Lipinski definition) is 2. The number of aromatic nitrogens is 1. The minimum Gasteiger partial charge on any atom is -0.306 e. The van der Waals surface area contributed by atoms with Gasteiger partial charge in [0.05, 0.1) is 5.69 Å². The second-order valence-corrected chi connectivity index (χ2v) is 5.45. The summed E-state index contributed by atoms with van der Waals surface area (Å²) in [5.74, 6) is 0.909. The summed E-state index contributed by atoms with van der Waals surface area (Å²) < 4.78 is 0. The highest BCUT2D eigenvalue weighted by molar-refractivity contribution is 5.07. The lowest BCUT2D eigenvalue weighted by Gasteiger charge is -2.21. The highest BCUT2D eigenvalue weighted by atomic mass is 15.0. The fourth-order valence-corrected chi connectivity index (χ4v) is 2.72. The molecule has 3 atom stereocenters. The van der Waals surface area contributed by atoms with Crippen molar-refractivity contribution in [1.29, 1.82) is 0 Å². The van der Waals surface area contributed by atoms with E-state index < -0.39 is 0 Å². The van der Waals surface area contributed by atoms with E-state index in [2.05, 4.69) is 36.3 Å². The van der Waals surface area contributed by atoms with Gasteiger partial charge in [-0.25, -0.2) is 0 Å². The Kier molecular flexibility index (Phi) is 4.55. The van der Waals surface area contributed by atoms with Crippen LogP contribution in [-0.2, 0) is 0 Å². The largest absolute Gasteiger partial charge is 0.306 e. The van der Waals surface area contributed by atoms with Crippen LogP contribution >= 0.6 is 0 Å². The SMILES string of the molecule is CC1CCCC(NC(C)c2ccccn2)CC1. The molecule has 1 aliphatic carbocycles. The number of pyridine rings is 1. The molecule has 1 fully saturated rings. The van der Waals surface area contributed by atoms with E-state index >= 15 is 0 Å². The normalized spacial score (nSPS) is 27.4. The van der Waals surface area contributed by atoms with Crippen LogP contribution in [0.25, 0.3) is 0 Å². The number of hydrogen-bond donors (Lipinski definition) is 1. The zero-order chi connectivity index (χ0) is 12.1. The van der Waals surface area contributed by atoms with Gasteiger partial charge in [-0.2, -0.15) is 0 Å². The second kappa shape index (κ2) is 6.15. The van der Waals surface area contributed by atoms with E-state index in [9.17, 15) is 0 Å². The van der Waals surface area contributed by atoms with Crippen LogP contribution in [0.15, 0.2) is 24.4 Å². The first kappa shape index (κ1) is 12.6. The Morgan fingerprint density at radius 2 is 2.12 bits per heavy atom. The third kappa shape index (κ3) is 3.81. The molecule has 0 aromatic carbocycles. The van der Waals surface area contributed by atoms with Crippen molar-refractivity contribution in [3.63, 3.8) is 0 Å². The minimum absolute atomic E-state index is 0.370. The van der Waals surface area contributed by atoms with E-state index in [0.717, 1.165) is 11.6 Å². The van der Waals surface area contributed by atoms with E-state index in [1.807, 2.05) is 12.3 Å². The Morgan fingerprint density at radius 3 is 2.88 bits per heavy atom. The maximum atomic E-state index is 4.42. The van der Waals surface area contributed by atoms with Gasteiger partial charge < -0.3 is 5.32 Å². The van der Waals surface area contributed by atoms with Crippen molar-refractivity contribution < 1.29 is 0 Å². The topological polar surface area (TPSA) is 24.9 Å². The van der Waals surface area contributed by atoms with Crippen molar-refractivity contribution in [1.82, 2.24) is 10.3 Å². The maximum Gasteiger partial charge on any atom is 0.0570 e. The van der Waals surface area contributed by atoms with Crippen LogP contribution in [0.3, 0.4) is 0 Å². The van der Waals surface area contributed by atoms with Gasteiger partial charge in [-0.1, -0.05) is 25.8 Å². The molecule has 1 aromatic rings. The van der Waals surface area contributed by atoms with Crippen LogP contribution in [0.1, 0.15) is 57.7 Å². The van der Waals surface area contributed by atoms with Crippen molar-refractivity contribution in [2.24, 2.45) is 5.92 Å². The molecule has 17 heavy (non-hydrogen) atoms. The molecule has 94 valence electrons. The molecule has 0 spiro atoms. The Hall–Kier alpha value is -0.890. The van der Waals surface area contributed by atoms with Crippen molar-refractivity contribution in [2.45, 2.75) is 58.0 Å². The standard InChI is InChI=1S/C15H24N2/c1-12-6-5-7-14(10-9-12)17-13(2)15-8-3-4-11-16-15/h3-4,8,11-14,17H,5-7,9-10H2,1-2H3. The molecule has 1 heterocycles. The summed E-state index contributed by atoms with van der Waals surface area (Å²) in [7, 11) is 0. The van der Waals surface area contributed by atoms with Crippen LogP contribution in [0.5, 0.6) is 0 Å². The van der Waals surface area contributed by atoms with Crippen molar-refractivity contribution in [2.75, 3.05) is 0 Å². The monoisotopic (exact) mass is 232 g/mol. The van der Waals surface area contributed by atoms with Crippen molar-refractivity contribution in [3.05, 3.63) is 30.1 Å². The lowest BCUT2D eigenvalue weighted by atomic mass is 10.0. The lowest BCUT2D eigenvalue weighted by molar-refractivity contribution is 0.404. The fourth-order valence-electron chi connectivity index (χ4n) is 2.72. The summed E-state index contributed by atoms with van der Waals surface area (Å²) >= 11 is 0. The van der Waals surface area contributed by atoms with Gasteiger partial charge in [0.15, 0.2) is 0 Å². The summed E-state index contributed by atoms with van der Waals surface area (Å²) in [5, 5.41) is 3.73. The first-order valence-corrected chi connectivity index (χ1v) is 6.92. The molecule has 2 heteroatoms. The van der Waals surface area contributed by atoms with Crippen molar-refractivity contribution >= 4 is 0 Å². The third-order valence-corrected chi connectivity index (χ3v) is 3.87. The highest BCUT2D eigenvalue weighted by Crippen LogP contribution is 2.24. The molecule has 0 bridgehead atoms. The molecular weight excluding hydrogens is 208 g/mol. The first-order chi connectivity index (χ1) is 8.25. The highest BCUT2D eigenvalue weighted by Gasteiger charge is 2.18. The zero-order valence-corrected chi connectivity index (χ0v) is 11.0. The van der Waals surface area contributed by atoms with Crippen LogP contribution in [-0.4, -0.2) is 11.0 Å². The Balaban J connectivity index is 1.88. The quantitative estimate of drug-likeness (QED) is 0.804. The van der Waals surface area contributed by atoms with Gasteiger partial charge in [0.2, 0.25) is 0 Å². The fraction of sp³-hybridized carbons (Fsp3) is 0.667. The van der Waals surface area contributed by atoms with Gasteiger partial charge in [-0.15, -0.1) is 0 Å². The molecule has 1 aliphatic rings. The predicted octanol–water partition coefficient (Wildman–Crippen LogP) is 3.70. The van der Waals surface area contributed by atoms with Gasteiger partial charge >= 0.3 is 0 Å². The average Bonchev–Trinajstić information content (AvgIpc) is 2.56. The number of rotatable bonds is 3. The number of nitrogens with one attached hydrogen (secondary N) is 1. The smallest absolute Gasteiger partial charge is 0.0570 e. The summed E-state index contributed by atoms with van der Waals surface area (Å²) in [6.07, 6.45) is 8.65. The molecule has 0 amide bonds. The van der Waals surface area contributed by atoms with E-state index in [1.165, 1.54) is 32.1 Å². The van der Waals surface area contributed by atoms with Gasteiger partial charge in [-0.05, 0) is 44.2 Å². The molecule has 0 radical (unpaired) electrons. The molecule has 0 aliphatic heterocycles. The van der Waals surface area contributed by atoms with E-state index in [-0.39, 0.29) is 0 Å².